The molecule has 1 aromatic rings. The summed E-state index contributed by atoms with van der Waals surface area (Å²) in [6.45, 7) is 7.79. The van der Waals surface area contributed by atoms with Crippen molar-refractivity contribution in [2.24, 2.45) is 0 Å². The first kappa shape index (κ1) is 11.1. The van der Waals surface area contributed by atoms with Gasteiger partial charge in [0.1, 0.15) is 0 Å². The summed E-state index contributed by atoms with van der Waals surface area (Å²) in [5, 5.41) is 4.80. The molecule has 2 rings (SSSR count). The SMILES string of the molecule is Cc1nc(C2CCCCN2)c(C(C)C)s1. The topological polar surface area (TPSA) is 24.9 Å². The minimum atomic E-state index is 0.515. The van der Waals surface area contributed by atoms with Crippen molar-refractivity contribution in [2.45, 2.75) is 52.0 Å². The lowest BCUT2D eigenvalue weighted by molar-refractivity contribution is 0.403. The minimum Gasteiger partial charge on any atom is -0.309 e. The summed E-state index contributed by atoms with van der Waals surface area (Å²) in [4.78, 5) is 6.19. The van der Waals surface area contributed by atoms with Gasteiger partial charge in [-0.25, -0.2) is 4.98 Å². The molecule has 0 amide bonds. The largest absolute Gasteiger partial charge is 0.309 e. The maximum atomic E-state index is 4.71. The number of piperidine rings is 1. The van der Waals surface area contributed by atoms with Gasteiger partial charge in [-0.05, 0) is 32.2 Å². The van der Waals surface area contributed by atoms with E-state index in [-0.39, 0.29) is 0 Å². The molecule has 15 heavy (non-hydrogen) atoms. The number of aryl methyl sites for hydroxylation is 1. The van der Waals surface area contributed by atoms with Crippen molar-refractivity contribution in [2.75, 3.05) is 6.54 Å². The Bertz CT molecular complexity index is 324. The van der Waals surface area contributed by atoms with Crippen molar-refractivity contribution in [3.63, 3.8) is 0 Å². The van der Waals surface area contributed by atoms with Crippen molar-refractivity contribution >= 4 is 11.3 Å². The number of rotatable bonds is 2. The highest BCUT2D eigenvalue weighted by Crippen LogP contribution is 2.33. The summed E-state index contributed by atoms with van der Waals surface area (Å²) in [7, 11) is 0. The molecule has 1 saturated heterocycles. The maximum Gasteiger partial charge on any atom is 0.0901 e. The van der Waals surface area contributed by atoms with Crippen LogP contribution in [-0.4, -0.2) is 11.5 Å². The van der Waals surface area contributed by atoms with E-state index in [1.54, 1.807) is 0 Å². The molecule has 2 heterocycles. The number of nitrogens with one attached hydrogen (secondary N) is 1. The molecule has 3 heteroatoms. The lowest BCUT2D eigenvalue weighted by Gasteiger charge is -2.23. The smallest absolute Gasteiger partial charge is 0.0901 e. The molecule has 1 aliphatic heterocycles. The second kappa shape index (κ2) is 4.62. The van der Waals surface area contributed by atoms with Crippen LogP contribution in [0.4, 0.5) is 0 Å². The Balaban J connectivity index is 2.25. The van der Waals surface area contributed by atoms with Crippen molar-refractivity contribution in [1.29, 1.82) is 0 Å². The van der Waals surface area contributed by atoms with E-state index >= 15 is 0 Å². The standard InChI is InChI=1S/C12H20N2S/c1-8(2)12-11(14-9(3)15-12)10-6-4-5-7-13-10/h8,10,13H,4-7H2,1-3H3. The second-order valence-corrected chi connectivity index (χ2v) is 5.87. The molecule has 1 fully saturated rings. The second-order valence-electron chi connectivity index (χ2n) is 4.64. The van der Waals surface area contributed by atoms with Gasteiger partial charge in [-0.1, -0.05) is 20.3 Å². The van der Waals surface area contributed by atoms with Gasteiger partial charge in [-0.2, -0.15) is 0 Å². The van der Waals surface area contributed by atoms with E-state index in [4.69, 9.17) is 4.98 Å². The molecule has 84 valence electrons. The highest BCUT2D eigenvalue weighted by molar-refractivity contribution is 7.11. The first-order valence-corrected chi connectivity index (χ1v) is 6.70. The number of hydrogen-bond donors (Lipinski definition) is 1. The average molecular weight is 224 g/mol. The van der Waals surface area contributed by atoms with Crippen LogP contribution in [0.25, 0.3) is 0 Å². The summed E-state index contributed by atoms with van der Waals surface area (Å²) < 4.78 is 0. The fourth-order valence-electron chi connectivity index (χ4n) is 2.21. The zero-order chi connectivity index (χ0) is 10.8. The van der Waals surface area contributed by atoms with Crippen LogP contribution in [0, 0.1) is 6.92 Å². The number of nitrogens with zero attached hydrogens (tertiary/aromatic N) is 1. The number of hydrogen-bond acceptors (Lipinski definition) is 3. The van der Waals surface area contributed by atoms with Crippen LogP contribution in [-0.2, 0) is 0 Å². The van der Waals surface area contributed by atoms with Crippen molar-refractivity contribution < 1.29 is 0 Å². The summed E-state index contributed by atoms with van der Waals surface area (Å²) in [6.07, 6.45) is 3.91. The van der Waals surface area contributed by atoms with Gasteiger partial charge >= 0.3 is 0 Å². The van der Waals surface area contributed by atoms with Crippen LogP contribution in [0.5, 0.6) is 0 Å². The predicted octanol–water partition coefficient (Wildman–Crippen LogP) is 3.39. The molecule has 1 unspecified atom stereocenters. The molecule has 2 nitrogen and oxygen atoms in total. The monoisotopic (exact) mass is 224 g/mol. The maximum absolute atomic E-state index is 4.71. The van der Waals surface area contributed by atoms with Gasteiger partial charge in [-0.15, -0.1) is 11.3 Å². The van der Waals surface area contributed by atoms with Gasteiger partial charge in [0.2, 0.25) is 0 Å². The molecule has 1 aliphatic rings. The fourth-order valence-corrected chi connectivity index (χ4v) is 3.20. The Morgan fingerprint density at radius 3 is 2.80 bits per heavy atom. The third-order valence-corrected chi connectivity index (χ3v) is 4.24. The van der Waals surface area contributed by atoms with Gasteiger partial charge in [0.25, 0.3) is 0 Å². The normalized spacial score (nSPS) is 22.3. The fraction of sp³-hybridized carbons (Fsp3) is 0.750. The quantitative estimate of drug-likeness (QED) is 0.833. The molecular weight excluding hydrogens is 204 g/mol. The van der Waals surface area contributed by atoms with E-state index in [2.05, 4.69) is 26.1 Å². The molecule has 1 atom stereocenters. The van der Waals surface area contributed by atoms with Gasteiger partial charge in [0.15, 0.2) is 0 Å². The van der Waals surface area contributed by atoms with Gasteiger partial charge in [0, 0.05) is 4.88 Å². The molecule has 1 N–H and O–H groups in total. The molecule has 0 radical (unpaired) electrons. The molecule has 0 saturated carbocycles. The zero-order valence-electron chi connectivity index (χ0n) is 9.84. The molecule has 0 bridgehead atoms. The lowest BCUT2D eigenvalue weighted by atomic mass is 9.98. The first-order chi connectivity index (χ1) is 7.18. The third kappa shape index (κ3) is 2.40. The Hall–Kier alpha value is -0.410. The van der Waals surface area contributed by atoms with E-state index in [9.17, 15) is 0 Å². The van der Waals surface area contributed by atoms with E-state index in [0.29, 0.717) is 12.0 Å². The lowest BCUT2D eigenvalue weighted by Crippen LogP contribution is -2.27. The Morgan fingerprint density at radius 2 is 2.20 bits per heavy atom. The minimum absolute atomic E-state index is 0.515. The third-order valence-electron chi connectivity index (χ3n) is 2.95. The van der Waals surface area contributed by atoms with Crippen LogP contribution < -0.4 is 5.32 Å². The Morgan fingerprint density at radius 1 is 1.40 bits per heavy atom. The van der Waals surface area contributed by atoms with Crippen LogP contribution in [0.2, 0.25) is 0 Å². The molecule has 1 aromatic heterocycles. The predicted molar refractivity (Wildman–Crippen MR) is 65.5 cm³/mol. The summed E-state index contributed by atoms with van der Waals surface area (Å²) in [5.41, 5.74) is 1.33. The van der Waals surface area contributed by atoms with Gasteiger partial charge < -0.3 is 5.32 Å². The Labute approximate surface area is 96.1 Å². The van der Waals surface area contributed by atoms with Gasteiger partial charge in [-0.3, -0.25) is 0 Å². The molecule has 0 aliphatic carbocycles. The zero-order valence-corrected chi connectivity index (χ0v) is 10.7. The van der Waals surface area contributed by atoms with E-state index in [1.807, 2.05) is 11.3 Å². The van der Waals surface area contributed by atoms with Crippen molar-refractivity contribution in [1.82, 2.24) is 10.3 Å². The van der Waals surface area contributed by atoms with E-state index < -0.39 is 0 Å². The Kier molecular flexibility index (Phi) is 3.42. The van der Waals surface area contributed by atoms with E-state index in [1.165, 1.54) is 34.8 Å². The first-order valence-electron chi connectivity index (χ1n) is 5.89. The van der Waals surface area contributed by atoms with Crippen LogP contribution in [0.3, 0.4) is 0 Å². The highest BCUT2D eigenvalue weighted by atomic mass is 32.1. The molecule has 0 spiro atoms. The van der Waals surface area contributed by atoms with Crippen molar-refractivity contribution in [3.05, 3.63) is 15.6 Å². The van der Waals surface area contributed by atoms with Crippen LogP contribution in [0.15, 0.2) is 0 Å². The molecular formula is C12H20N2S. The van der Waals surface area contributed by atoms with Gasteiger partial charge in [0.05, 0.1) is 16.7 Å². The van der Waals surface area contributed by atoms with Crippen molar-refractivity contribution in [3.8, 4) is 0 Å². The van der Waals surface area contributed by atoms with Crippen LogP contribution in [0.1, 0.15) is 60.6 Å². The molecule has 0 aromatic carbocycles. The number of thiazole rings is 1. The average Bonchev–Trinajstić information content (AvgIpc) is 2.62. The summed E-state index contributed by atoms with van der Waals surface area (Å²) >= 11 is 1.86. The van der Waals surface area contributed by atoms with Crippen LogP contribution >= 0.6 is 11.3 Å². The summed E-state index contributed by atoms with van der Waals surface area (Å²) in [6, 6.07) is 0.515. The summed E-state index contributed by atoms with van der Waals surface area (Å²) in [5.74, 6) is 0.606. The van der Waals surface area contributed by atoms with E-state index in [0.717, 1.165) is 6.54 Å². The highest BCUT2D eigenvalue weighted by Gasteiger charge is 2.22. The number of aromatic nitrogens is 1.